The molecule has 6 nitrogen and oxygen atoms in total. The third kappa shape index (κ3) is 2.79. The molecule has 32 heavy (non-hydrogen) atoms. The molecular formula is C26H25N5O. The van der Waals surface area contributed by atoms with Crippen LogP contribution >= 0.6 is 0 Å². The van der Waals surface area contributed by atoms with Crippen LogP contribution in [-0.2, 0) is 11.8 Å². The second-order valence-electron chi connectivity index (χ2n) is 9.33. The highest BCUT2D eigenvalue weighted by molar-refractivity contribution is 5.97. The molecule has 4 aromatic rings. The van der Waals surface area contributed by atoms with Crippen LogP contribution in [0.25, 0.3) is 22.3 Å². The Morgan fingerprint density at radius 1 is 1.16 bits per heavy atom. The maximum Gasteiger partial charge on any atom is 0.254 e. The molecule has 2 aliphatic rings. The Kier molecular flexibility index (Phi) is 4.18. The normalized spacial score (nSPS) is 24.4. The SMILES string of the molecule is CC1C2Cc3ccc(-c4ccncn4)cc3[C@]1(C)CCN2C(=O)c1ccc2nc[nH]c2c1. The third-order valence-corrected chi connectivity index (χ3v) is 7.81. The van der Waals surface area contributed by atoms with Gasteiger partial charge in [0.2, 0.25) is 0 Å². The Labute approximate surface area is 186 Å². The average Bonchev–Trinajstić information content (AvgIpc) is 3.29. The fraction of sp³-hybridized carbons (Fsp3) is 0.308. The van der Waals surface area contributed by atoms with Gasteiger partial charge in [0.1, 0.15) is 6.33 Å². The average molecular weight is 424 g/mol. The van der Waals surface area contributed by atoms with Crippen molar-refractivity contribution in [2.24, 2.45) is 5.92 Å². The number of piperidine rings is 1. The van der Waals surface area contributed by atoms with Crippen molar-refractivity contribution < 1.29 is 4.79 Å². The van der Waals surface area contributed by atoms with Crippen molar-refractivity contribution in [3.05, 3.63) is 78.0 Å². The van der Waals surface area contributed by atoms with Crippen molar-refractivity contribution in [1.82, 2.24) is 24.8 Å². The molecule has 6 heteroatoms. The summed E-state index contributed by atoms with van der Waals surface area (Å²) in [6, 6.07) is 14.6. The molecule has 0 spiro atoms. The number of hydrogen-bond donors (Lipinski definition) is 1. The van der Waals surface area contributed by atoms with Gasteiger partial charge >= 0.3 is 0 Å². The van der Waals surface area contributed by atoms with E-state index >= 15 is 0 Å². The van der Waals surface area contributed by atoms with Gasteiger partial charge in [-0.2, -0.15) is 0 Å². The first-order valence-corrected chi connectivity index (χ1v) is 11.2. The van der Waals surface area contributed by atoms with Crippen LogP contribution in [0.2, 0.25) is 0 Å². The van der Waals surface area contributed by atoms with Crippen LogP contribution in [-0.4, -0.2) is 43.3 Å². The van der Waals surface area contributed by atoms with Gasteiger partial charge in [0, 0.05) is 29.9 Å². The van der Waals surface area contributed by atoms with Crippen LogP contribution in [0.3, 0.4) is 0 Å². The Balaban J connectivity index is 1.36. The molecule has 0 radical (unpaired) electrons. The van der Waals surface area contributed by atoms with Crippen LogP contribution in [0, 0.1) is 5.92 Å². The number of hydrogen-bond acceptors (Lipinski definition) is 4. The Hall–Kier alpha value is -3.54. The van der Waals surface area contributed by atoms with Crippen LogP contribution in [0.5, 0.6) is 0 Å². The van der Waals surface area contributed by atoms with Crippen LogP contribution < -0.4 is 0 Å². The van der Waals surface area contributed by atoms with Crippen molar-refractivity contribution in [2.75, 3.05) is 6.54 Å². The number of H-pyrrole nitrogens is 1. The molecule has 6 rings (SSSR count). The predicted octanol–water partition coefficient (Wildman–Crippen LogP) is 4.38. The molecule has 1 aliphatic carbocycles. The zero-order chi connectivity index (χ0) is 21.9. The number of nitrogens with zero attached hydrogens (tertiary/aromatic N) is 4. The van der Waals surface area contributed by atoms with Gasteiger partial charge in [-0.15, -0.1) is 0 Å². The van der Waals surface area contributed by atoms with Crippen molar-refractivity contribution >= 4 is 16.9 Å². The molecule has 1 N–H and O–H groups in total. The quantitative estimate of drug-likeness (QED) is 0.519. The zero-order valence-electron chi connectivity index (χ0n) is 18.2. The van der Waals surface area contributed by atoms with Crippen LogP contribution in [0.15, 0.2) is 61.3 Å². The van der Waals surface area contributed by atoms with E-state index in [1.807, 2.05) is 24.3 Å². The van der Waals surface area contributed by atoms with E-state index in [0.717, 1.165) is 47.2 Å². The van der Waals surface area contributed by atoms with E-state index in [4.69, 9.17) is 0 Å². The number of amides is 1. The van der Waals surface area contributed by atoms with Gasteiger partial charge in [-0.25, -0.2) is 15.0 Å². The lowest BCUT2D eigenvalue weighted by atomic mass is 9.58. The fourth-order valence-electron chi connectivity index (χ4n) is 5.73. The molecule has 1 saturated heterocycles. The molecule has 2 bridgehead atoms. The summed E-state index contributed by atoms with van der Waals surface area (Å²) in [6.07, 6.45) is 6.88. The number of imidazole rings is 1. The highest BCUT2D eigenvalue weighted by Crippen LogP contribution is 2.49. The second-order valence-corrected chi connectivity index (χ2v) is 9.33. The van der Waals surface area contributed by atoms with Gasteiger partial charge in [-0.1, -0.05) is 26.0 Å². The summed E-state index contributed by atoms with van der Waals surface area (Å²) >= 11 is 0. The molecule has 1 fully saturated rings. The molecule has 2 aromatic carbocycles. The summed E-state index contributed by atoms with van der Waals surface area (Å²) in [5.74, 6) is 0.477. The monoisotopic (exact) mass is 423 g/mol. The van der Waals surface area contributed by atoms with Crippen LogP contribution in [0.4, 0.5) is 0 Å². The minimum atomic E-state index is 0.0331. The van der Waals surface area contributed by atoms with E-state index in [9.17, 15) is 4.79 Å². The number of carbonyl (C=O) groups excluding carboxylic acids is 1. The number of aromatic amines is 1. The summed E-state index contributed by atoms with van der Waals surface area (Å²) in [6.45, 7) is 5.44. The second kappa shape index (κ2) is 6.99. The van der Waals surface area contributed by atoms with Crippen molar-refractivity contribution in [3.8, 4) is 11.3 Å². The van der Waals surface area contributed by atoms with Gasteiger partial charge in [-0.05, 0) is 65.6 Å². The number of fused-ring (bicyclic) bond motifs is 5. The maximum absolute atomic E-state index is 13.5. The number of nitrogens with one attached hydrogen (secondary N) is 1. The molecule has 1 amide bonds. The molecule has 160 valence electrons. The zero-order valence-corrected chi connectivity index (χ0v) is 18.2. The fourth-order valence-corrected chi connectivity index (χ4v) is 5.73. The number of aromatic nitrogens is 4. The van der Waals surface area contributed by atoms with E-state index in [-0.39, 0.29) is 17.4 Å². The Morgan fingerprint density at radius 3 is 2.91 bits per heavy atom. The topological polar surface area (TPSA) is 74.8 Å². The lowest BCUT2D eigenvalue weighted by Crippen LogP contribution is -2.59. The van der Waals surface area contributed by atoms with Crippen LogP contribution in [0.1, 0.15) is 41.8 Å². The minimum Gasteiger partial charge on any atom is -0.345 e. The van der Waals surface area contributed by atoms with Gasteiger partial charge in [0.15, 0.2) is 0 Å². The first-order chi connectivity index (χ1) is 15.5. The lowest BCUT2D eigenvalue weighted by molar-refractivity contribution is 0.0251. The summed E-state index contributed by atoms with van der Waals surface area (Å²) < 4.78 is 0. The number of rotatable bonds is 2. The van der Waals surface area contributed by atoms with E-state index in [1.165, 1.54) is 11.1 Å². The number of benzene rings is 2. The van der Waals surface area contributed by atoms with Gasteiger partial charge < -0.3 is 9.88 Å². The lowest BCUT2D eigenvalue weighted by Gasteiger charge is -2.54. The molecule has 2 unspecified atom stereocenters. The maximum atomic E-state index is 13.5. The summed E-state index contributed by atoms with van der Waals surface area (Å²) in [4.78, 5) is 31.5. The van der Waals surface area contributed by atoms with E-state index in [1.54, 1.807) is 18.9 Å². The first-order valence-electron chi connectivity index (χ1n) is 11.2. The van der Waals surface area contributed by atoms with Gasteiger partial charge in [0.05, 0.1) is 23.1 Å². The van der Waals surface area contributed by atoms with Crippen molar-refractivity contribution in [3.63, 3.8) is 0 Å². The van der Waals surface area contributed by atoms with Crippen molar-refractivity contribution in [2.45, 2.75) is 38.1 Å². The largest absolute Gasteiger partial charge is 0.345 e. The molecule has 0 saturated carbocycles. The van der Waals surface area contributed by atoms with Gasteiger partial charge in [-0.3, -0.25) is 4.79 Å². The predicted molar refractivity (Wildman–Crippen MR) is 123 cm³/mol. The van der Waals surface area contributed by atoms with E-state index < -0.39 is 0 Å². The summed E-state index contributed by atoms with van der Waals surface area (Å²) in [7, 11) is 0. The Morgan fingerprint density at radius 2 is 2.06 bits per heavy atom. The van der Waals surface area contributed by atoms with Gasteiger partial charge in [0.25, 0.3) is 5.91 Å². The molecule has 3 atom stereocenters. The smallest absolute Gasteiger partial charge is 0.254 e. The van der Waals surface area contributed by atoms with E-state index in [2.05, 4.69) is 56.9 Å². The molecule has 2 aromatic heterocycles. The van der Waals surface area contributed by atoms with E-state index in [0.29, 0.717) is 5.92 Å². The highest BCUT2D eigenvalue weighted by Gasteiger charge is 2.49. The minimum absolute atomic E-state index is 0.0331. The molecule has 3 heterocycles. The third-order valence-electron chi connectivity index (χ3n) is 7.81. The Bertz CT molecular complexity index is 1330. The first kappa shape index (κ1) is 19.2. The standard InChI is InChI=1S/C26H25N5O/c1-16-24-13-17-3-4-18(21-7-9-27-14-28-21)11-20(17)26(16,2)8-10-31(24)25(32)19-5-6-22-23(12-19)30-15-29-22/h3-7,9,11-12,14-16,24H,8,10,13H2,1-2H3,(H,29,30)/t16?,24?,26-/m1/s1. The molecular weight excluding hydrogens is 398 g/mol. The van der Waals surface area contributed by atoms with Crippen molar-refractivity contribution in [1.29, 1.82) is 0 Å². The number of carbonyl (C=O) groups is 1. The molecule has 1 aliphatic heterocycles. The number of likely N-dealkylation sites (tertiary alicyclic amines) is 1. The summed E-state index contributed by atoms with van der Waals surface area (Å²) in [5, 5.41) is 0. The highest BCUT2D eigenvalue weighted by atomic mass is 16.2. The summed E-state index contributed by atoms with van der Waals surface area (Å²) in [5.41, 5.74) is 7.36.